The van der Waals surface area contributed by atoms with Gasteiger partial charge in [0.2, 0.25) is 0 Å². The number of ether oxygens (including phenoxy) is 1. The zero-order valence-corrected chi connectivity index (χ0v) is 13.4. The second kappa shape index (κ2) is 5.99. The third kappa shape index (κ3) is 2.41. The maximum Gasteiger partial charge on any atom is 0.118 e. The van der Waals surface area contributed by atoms with Gasteiger partial charge in [-0.3, -0.25) is 0 Å². The molecule has 24 heavy (non-hydrogen) atoms. The maximum atomic E-state index is 11.1. The molecule has 0 aliphatic carbocycles. The van der Waals surface area contributed by atoms with Crippen LogP contribution in [-0.2, 0) is 0 Å². The Morgan fingerprint density at radius 1 is 0.750 bits per heavy atom. The minimum Gasteiger partial charge on any atom is -0.497 e. The highest BCUT2D eigenvalue weighted by Crippen LogP contribution is 2.36. The van der Waals surface area contributed by atoms with Crippen LogP contribution < -0.4 is 4.74 Å². The number of hydrogen-bond acceptors (Lipinski definition) is 2. The Hall–Kier alpha value is -2.84. The van der Waals surface area contributed by atoms with Gasteiger partial charge in [-0.1, -0.05) is 60.7 Å². The lowest BCUT2D eigenvalue weighted by Crippen LogP contribution is -2.02. The Labute approximate surface area is 140 Å². The van der Waals surface area contributed by atoms with Crippen LogP contribution in [0, 0.1) is 0 Å². The summed E-state index contributed by atoms with van der Waals surface area (Å²) in [6.45, 7) is 0. The fraction of sp³-hybridized carbons (Fsp3) is 0.0909. The van der Waals surface area contributed by atoms with Gasteiger partial charge in [-0.2, -0.15) is 0 Å². The van der Waals surface area contributed by atoms with E-state index < -0.39 is 6.10 Å². The smallest absolute Gasteiger partial charge is 0.118 e. The van der Waals surface area contributed by atoms with E-state index in [0.717, 1.165) is 38.4 Å². The zero-order valence-electron chi connectivity index (χ0n) is 13.4. The molecule has 0 amide bonds. The predicted octanol–water partition coefficient (Wildman–Crippen LogP) is 5.08. The molecular formula is C22H18O2. The molecule has 4 aromatic carbocycles. The van der Waals surface area contributed by atoms with Gasteiger partial charge in [-0.05, 0) is 45.3 Å². The number of aliphatic hydroxyl groups is 1. The molecule has 4 rings (SSSR count). The van der Waals surface area contributed by atoms with Gasteiger partial charge in [0.05, 0.1) is 7.11 Å². The molecule has 1 N–H and O–H groups in total. The Morgan fingerprint density at radius 2 is 1.29 bits per heavy atom. The van der Waals surface area contributed by atoms with Gasteiger partial charge in [-0.25, -0.2) is 0 Å². The van der Waals surface area contributed by atoms with Crippen LogP contribution in [0.5, 0.6) is 5.75 Å². The van der Waals surface area contributed by atoms with Crippen LogP contribution in [0.25, 0.3) is 21.5 Å². The molecule has 0 heterocycles. The van der Waals surface area contributed by atoms with Gasteiger partial charge >= 0.3 is 0 Å². The molecule has 2 nitrogen and oxygen atoms in total. The molecule has 1 unspecified atom stereocenters. The molecule has 0 aromatic heterocycles. The highest BCUT2D eigenvalue weighted by Gasteiger charge is 2.17. The highest BCUT2D eigenvalue weighted by molar-refractivity contribution is 6.02. The molecule has 0 aliphatic rings. The van der Waals surface area contributed by atoms with Gasteiger partial charge in [0, 0.05) is 5.56 Å². The molecule has 1 atom stereocenters. The summed E-state index contributed by atoms with van der Waals surface area (Å²) in [5, 5.41) is 15.6. The van der Waals surface area contributed by atoms with Crippen molar-refractivity contribution in [3.05, 3.63) is 90.0 Å². The fourth-order valence-electron chi connectivity index (χ4n) is 3.30. The lowest BCUT2D eigenvalue weighted by Gasteiger charge is -2.18. The maximum absolute atomic E-state index is 11.1. The number of fused-ring (bicyclic) bond motifs is 2. The summed E-state index contributed by atoms with van der Waals surface area (Å²) < 4.78 is 5.21. The number of methoxy groups -OCH3 is 1. The molecule has 0 fully saturated rings. The first kappa shape index (κ1) is 14.7. The van der Waals surface area contributed by atoms with Crippen molar-refractivity contribution in [2.45, 2.75) is 6.10 Å². The summed E-state index contributed by atoms with van der Waals surface area (Å²) in [5.41, 5.74) is 1.81. The van der Waals surface area contributed by atoms with Crippen LogP contribution in [-0.4, -0.2) is 12.2 Å². The molecular weight excluding hydrogens is 296 g/mol. The molecule has 0 spiro atoms. The molecule has 0 saturated heterocycles. The first-order valence-corrected chi connectivity index (χ1v) is 8.00. The van der Waals surface area contributed by atoms with Gasteiger partial charge < -0.3 is 9.84 Å². The van der Waals surface area contributed by atoms with Gasteiger partial charge in [0.1, 0.15) is 11.9 Å². The van der Waals surface area contributed by atoms with E-state index in [1.807, 2.05) is 48.5 Å². The molecule has 4 aromatic rings. The predicted molar refractivity (Wildman–Crippen MR) is 98.5 cm³/mol. The van der Waals surface area contributed by atoms with Crippen molar-refractivity contribution in [3.63, 3.8) is 0 Å². The Morgan fingerprint density at radius 3 is 1.83 bits per heavy atom. The van der Waals surface area contributed by atoms with Gasteiger partial charge in [0.25, 0.3) is 0 Å². The van der Waals surface area contributed by atoms with Gasteiger partial charge in [0.15, 0.2) is 0 Å². The van der Waals surface area contributed by atoms with Crippen LogP contribution in [0.15, 0.2) is 78.9 Å². The van der Waals surface area contributed by atoms with E-state index >= 15 is 0 Å². The Balaban J connectivity index is 1.98. The topological polar surface area (TPSA) is 29.5 Å². The average molecular weight is 314 g/mol. The largest absolute Gasteiger partial charge is 0.497 e. The molecule has 118 valence electrons. The second-order valence-corrected chi connectivity index (χ2v) is 5.91. The van der Waals surface area contributed by atoms with E-state index in [4.69, 9.17) is 4.74 Å². The first-order valence-electron chi connectivity index (χ1n) is 8.00. The van der Waals surface area contributed by atoms with E-state index in [0.29, 0.717) is 0 Å². The van der Waals surface area contributed by atoms with Crippen LogP contribution in [0.2, 0.25) is 0 Å². The van der Waals surface area contributed by atoms with E-state index in [1.54, 1.807) is 7.11 Å². The number of hydrogen-bond donors (Lipinski definition) is 1. The van der Waals surface area contributed by atoms with Crippen LogP contribution in [0.3, 0.4) is 0 Å². The summed E-state index contributed by atoms with van der Waals surface area (Å²) in [6, 6.07) is 26.2. The fourth-order valence-corrected chi connectivity index (χ4v) is 3.30. The Bertz CT molecular complexity index is 949. The van der Waals surface area contributed by atoms with Crippen molar-refractivity contribution in [2.75, 3.05) is 7.11 Å². The van der Waals surface area contributed by atoms with E-state index in [2.05, 4.69) is 30.3 Å². The minimum atomic E-state index is -0.688. The monoisotopic (exact) mass is 314 g/mol. The number of aliphatic hydroxyl groups excluding tert-OH is 1. The molecule has 0 radical (unpaired) electrons. The summed E-state index contributed by atoms with van der Waals surface area (Å²) >= 11 is 0. The third-order valence-electron chi connectivity index (χ3n) is 4.52. The SMILES string of the molecule is COc1ccc(C(O)c2c3ccccc3cc3ccccc23)cc1. The van der Waals surface area contributed by atoms with Crippen molar-refractivity contribution in [1.82, 2.24) is 0 Å². The lowest BCUT2D eigenvalue weighted by molar-refractivity contribution is 0.223. The molecule has 0 saturated carbocycles. The number of benzene rings is 4. The van der Waals surface area contributed by atoms with Gasteiger partial charge in [-0.15, -0.1) is 0 Å². The normalized spacial score (nSPS) is 12.4. The lowest BCUT2D eigenvalue weighted by atomic mass is 9.90. The highest BCUT2D eigenvalue weighted by atomic mass is 16.5. The molecule has 2 heteroatoms. The summed E-state index contributed by atoms with van der Waals surface area (Å²) in [6.07, 6.45) is -0.688. The Kier molecular flexibility index (Phi) is 3.68. The number of rotatable bonds is 3. The van der Waals surface area contributed by atoms with Crippen molar-refractivity contribution < 1.29 is 9.84 Å². The quantitative estimate of drug-likeness (QED) is 0.534. The third-order valence-corrected chi connectivity index (χ3v) is 4.52. The van der Waals surface area contributed by atoms with Crippen molar-refractivity contribution in [2.24, 2.45) is 0 Å². The van der Waals surface area contributed by atoms with Crippen molar-refractivity contribution in [1.29, 1.82) is 0 Å². The van der Waals surface area contributed by atoms with E-state index in [1.165, 1.54) is 0 Å². The first-order chi connectivity index (χ1) is 11.8. The molecule has 0 bridgehead atoms. The summed E-state index contributed by atoms with van der Waals surface area (Å²) in [7, 11) is 1.64. The van der Waals surface area contributed by atoms with Crippen LogP contribution in [0.1, 0.15) is 17.2 Å². The minimum absolute atomic E-state index is 0.688. The van der Waals surface area contributed by atoms with Crippen LogP contribution in [0.4, 0.5) is 0 Å². The second-order valence-electron chi connectivity index (χ2n) is 5.91. The zero-order chi connectivity index (χ0) is 16.5. The summed E-state index contributed by atoms with van der Waals surface area (Å²) in [5.74, 6) is 0.786. The van der Waals surface area contributed by atoms with Crippen molar-refractivity contribution in [3.8, 4) is 5.75 Å². The van der Waals surface area contributed by atoms with Crippen LogP contribution >= 0.6 is 0 Å². The average Bonchev–Trinajstić information content (AvgIpc) is 2.65. The van der Waals surface area contributed by atoms with E-state index in [9.17, 15) is 5.11 Å². The molecule has 0 aliphatic heterocycles. The summed E-state index contributed by atoms with van der Waals surface area (Å²) in [4.78, 5) is 0. The van der Waals surface area contributed by atoms with E-state index in [-0.39, 0.29) is 0 Å². The standard InChI is InChI=1S/C22H18O2/c1-24-18-12-10-15(11-13-18)22(23)21-19-8-4-2-6-16(19)14-17-7-3-5-9-20(17)21/h2-14,22-23H,1H3. The van der Waals surface area contributed by atoms with Crippen molar-refractivity contribution >= 4 is 21.5 Å².